The molecule has 2 aromatic rings. The summed E-state index contributed by atoms with van der Waals surface area (Å²) in [4.78, 5) is 23.7. The van der Waals surface area contributed by atoms with E-state index in [-0.39, 0.29) is 30.0 Å². The Morgan fingerprint density at radius 2 is 1.56 bits per heavy atom. The van der Waals surface area contributed by atoms with E-state index in [2.05, 4.69) is 23.0 Å². The molecule has 2 N–H and O–H groups in total. The van der Waals surface area contributed by atoms with E-state index >= 15 is 0 Å². The molecule has 2 aromatic carbocycles. The van der Waals surface area contributed by atoms with E-state index in [1.165, 1.54) is 17.7 Å². The van der Waals surface area contributed by atoms with Crippen LogP contribution in [0.25, 0.3) is 0 Å². The van der Waals surface area contributed by atoms with Gasteiger partial charge in [-0.15, -0.1) is 0 Å². The summed E-state index contributed by atoms with van der Waals surface area (Å²) in [7, 11) is 0. The third-order valence-electron chi connectivity index (χ3n) is 3.92. The summed E-state index contributed by atoms with van der Waals surface area (Å²) in [5.74, 6) is -0.680. The lowest BCUT2D eigenvalue weighted by atomic mass is 9.98. The van der Waals surface area contributed by atoms with Gasteiger partial charge >= 0.3 is 0 Å². The van der Waals surface area contributed by atoms with E-state index in [1.807, 2.05) is 25.1 Å². The van der Waals surface area contributed by atoms with Gasteiger partial charge in [0.05, 0.1) is 6.42 Å². The number of halogens is 1. The molecule has 5 heteroatoms. The van der Waals surface area contributed by atoms with Crippen molar-refractivity contribution in [1.29, 1.82) is 0 Å². The minimum absolute atomic E-state index is 0.0874. The van der Waals surface area contributed by atoms with Gasteiger partial charge in [-0.05, 0) is 42.0 Å². The maximum absolute atomic E-state index is 12.8. The predicted octanol–water partition coefficient (Wildman–Crippen LogP) is 3.17. The van der Waals surface area contributed by atoms with Crippen molar-refractivity contribution in [2.45, 2.75) is 32.6 Å². The van der Waals surface area contributed by atoms with Crippen molar-refractivity contribution in [3.05, 3.63) is 71.5 Å². The van der Waals surface area contributed by atoms with Crippen molar-refractivity contribution in [2.24, 2.45) is 5.92 Å². The topological polar surface area (TPSA) is 58.2 Å². The summed E-state index contributed by atoms with van der Waals surface area (Å²) in [5, 5.41) is 0. The molecule has 0 aromatic heterocycles. The van der Waals surface area contributed by atoms with Crippen LogP contribution in [0.15, 0.2) is 54.6 Å². The second kappa shape index (κ2) is 9.57. The van der Waals surface area contributed by atoms with Crippen LogP contribution in [0.4, 0.5) is 4.39 Å². The van der Waals surface area contributed by atoms with Gasteiger partial charge in [0.15, 0.2) is 0 Å². The van der Waals surface area contributed by atoms with Crippen LogP contribution >= 0.6 is 0 Å². The Kier molecular flexibility index (Phi) is 7.14. The van der Waals surface area contributed by atoms with Crippen LogP contribution in [0.2, 0.25) is 0 Å². The Hall–Kier alpha value is -2.69. The number of amides is 2. The van der Waals surface area contributed by atoms with E-state index in [4.69, 9.17) is 0 Å². The molecule has 2 rings (SSSR count). The van der Waals surface area contributed by atoms with E-state index in [1.54, 1.807) is 12.1 Å². The molecule has 0 fully saturated rings. The van der Waals surface area contributed by atoms with Gasteiger partial charge in [0, 0.05) is 6.42 Å². The number of rotatable bonds is 7. The summed E-state index contributed by atoms with van der Waals surface area (Å²) in [6, 6.07) is 15.8. The highest BCUT2D eigenvalue weighted by atomic mass is 19.1. The fourth-order valence-electron chi connectivity index (χ4n) is 2.50. The molecule has 0 bridgehead atoms. The fourth-order valence-corrected chi connectivity index (χ4v) is 2.50. The summed E-state index contributed by atoms with van der Waals surface area (Å²) in [6.45, 7) is 2.02. The fraction of sp³-hybridized carbons (Fsp3) is 0.300. The lowest BCUT2D eigenvalue weighted by Crippen LogP contribution is -2.42. The molecule has 0 aliphatic carbocycles. The van der Waals surface area contributed by atoms with Crippen molar-refractivity contribution in [1.82, 2.24) is 10.9 Å². The molecule has 0 radical (unpaired) electrons. The Morgan fingerprint density at radius 3 is 2.24 bits per heavy atom. The minimum atomic E-state index is -0.345. The lowest BCUT2D eigenvalue weighted by molar-refractivity contribution is -0.129. The van der Waals surface area contributed by atoms with Gasteiger partial charge in [-0.25, -0.2) is 4.39 Å². The SMILES string of the molecule is CC(CCc1ccccc1)CC(=O)NNC(=O)Cc1ccc(F)cc1. The van der Waals surface area contributed by atoms with Gasteiger partial charge in [0.2, 0.25) is 11.8 Å². The lowest BCUT2D eigenvalue weighted by Gasteiger charge is -2.12. The first-order valence-corrected chi connectivity index (χ1v) is 8.39. The molecule has 0 aliphatic rings. The standard InChI is InChI=1S/C20H23FN2O2/c1-15(7-8-16-5-3-2-4-6-16)13-19(24)22-23-20(25)14-17-9-11-18(21)12-10-17/h2-6,9-12,15H,7-8,13-14H2,1H3,(H,22,24)(H,23,25). The van der Waals surface area contributed by atoms with Crippen LogP contribution in [0, 0.1) is 11.7 Å². The van der Waals surface area contributed by atoms with Crippen LogP contribution in [-0.4, -0.2) is 11.8 Å². The molecule has 2 amide bonds. The van der Waals surface area contributed by atoms with Gasteiger partial charge in [-0.2, -0.15) is 0 Å². The van der Waals surface area contributed by atoms with E-state index in [0.717, 1.165) is 12.8 Å². The number of nitrogens with one attached hydrogen (secondary N) is 2. The zero-order valence-corrected chi connectivity index (χ0v) is 14.3. The summed E-state index contributed by atoms with van der Waals surface area (Å²) < 4.78 is 12.8. The maximum Gasteiger partial charge on any atom is 0.242 e. The van der Waals surface area contributed by atoms with Crippen LogP contribution in [0.1, 0.15) is 30.9 Å². The molecule has 0 heterocycles. The van der Waals surface area contributed by atoms with Crippen molar-refractivity contribution in [2.75, 3.05) is 0 Å². The molecule has 4 nitrogen and oxygen atoms in total. The number of hydrazine groups is 1. The van der Waals surface area contributed by atoms with Gasteiger partial charge in [-0.3, -0.25) is 20.4 Å². The predicted molar refractivity (Wildman–Crippen MR) is 94.9 cm³/mol. The molecule has 0 aliphatic heterocycles. The summed E-state index contributed by atoms with van der Waals surface area (Å²) in [6.07, 6.45) is 2.26. The normalized spacial score (nSPS) is 11.6. The quantitative estimate of drug-likeness (QED) is 0.759. The monoisotopic (exact) mass is 342 g/mol. The second-order valence-corrected chi connectivity index (χ2v) is 6.23. The Bertz CT molecular complexity index is 687. The molecule has 1 unspecified atom stereocenters. The van der Waals surface area contributed by atoms with Crippen molar-refractivity contribution in [3.8, 4) is 0 Å². The Labute approximate surface area is 147 Å². The van der Waals surface area contributed by atoms with Gasteiger partial charge < -0.3 is 0 Å². The minimum Gasteiger partial charge on any atom is -0.273 e. The van der Waals surface area contributed by atoms with Crippen LogP contribution in [0.5, 0.6) is 0 Å². The summed E-state index contributed by atoms with van der Waals surface area (Å²) >= 11 is 0. The molecule has 0 saturated heterocycles. The molecule has 132 valence electrons. The highest BCUT2D eigenvalue weighted by molar-refractivity contribution is 5.83. The highest BCUT2D eigenvalue weighted by Crippen LogP contribution is 2.12. The number of benzene rings is 2. The third kappa shape index (κ3) is 7.16. The zero-order chi connectivity index (χ0) is 18.1. The van der Waals surface area contributed by atoms with E-state index < -0.39 is 0 Å². The first kappa shape index (κ1) is 18.6. The molecule has 0 saturated carbocycles. The van der Waals surface area contributed by atoms with Gasteiger partial charge in [-0.1, -0.05) is 49.4 Å². The number of hydrogen-bond donors (Lipinski definition) is 2. The average molecular weight is 342 g/mol. The Morgan fingerprint density at radius 1 is 0.920 bits per heavy atom. The van der Waals surface area contributed by atoms with E-state index in [0.29, 0.717) is 12.0 Å². The molecular weight excluding hydrogens is 319 g/mol. The van der Waals surface area contributed by atoms with Crippen molar-refractivity contribution in [3.63, 3.8) is 0 Å². The molecule has 0 spiro atoms. The number of carbonyl (C=O) groups excluding carboxylic acids is 2. The largest absolute Gasteiger partial charge is 0.273 e. The highest BCUT2D eigenvalue weighted by Gasteiger charge is 2.11. The summed E-state index contributed by atoms with van der Waals surface area (Å²) in [5.41, 5.74) is 6.76. The van der Waals surface area contributed by atoms with Crippen LogP contribution in [-0.2, 0) is 22.4 Å². The van der Waals surface area contributed by atoms with Gasteiger partial charge in [0.25, 0.3) is 0 Å². The zero-order valence-electron chi connectivity index (χ0n) is 14.3. The Balaban J connectivity index is 1.65. The number of hydrogen-bond acceptors (Lipinski definition) is 2. The smallest absolute Gasteiger partial charge is 0.242 e. The molecular formula is C20H23FN2O2. The third-order valence-corrected chi connectivity index (χ3v) is 3.92. The average Bonchev–Trinajstić information content (AvgIpc) is 2.61. The van der Waals surface area contributed by atoms with Crippen molar-refractivity contribution < 1.29 is 14.0 Å². The first-order chi connectivity index (χ1) is 12.0. The molecule has 25 heavy (non-hydrogen) atoms. The number of carbonyl (C=O) groups is 2. The van der Waals surface area contributed by atoms with Crippen LogP contribution in [0.3, 0.4) is 0 Å². The number of aryl methyl sites for hydroxylation is 1. The van der Waals surface area contributed by atoms with Gasteiger partial charge in [0.1, 0.15) is 5.82 Å². The van der Waals surface area contributed by atoms with E-state index in [9.17, 15) is 14.0 Å². The maximum atomic E-state index is 12.8. The van der Waals surface area contributed by atoms with Crippen LogP contribution < -0.4 is 10.9 Å². The van der Waals surface area contributed by atoms with Crippen molar-refractivity contribution >= 4 is 11.8 Å². The second-order valence-electron chi connectivity index (χ2n) is 6.23. The molecule has 1 atom stereocenters. The first-order valence-electron chi connectivity index (χ1n) is 8.39.